The fourth-order valence-electron chi connectivity index (χ4n) is 2.01. The smallest absolute Gasteiger partial charge is 0.161 e. The number of hydrogen-bond donors (Lipinski definition) is 2. The standard InChI is InChI=1S/C18H32N2O2/c1-3-5-11-19-13-15-21-17-9-7-8-10-18(17)22-16-14-20-12-6-4-2/h7-10,19-20H,3-6,11-16H2,1-2H3. The van der Waals surface area contributed by atoms with Gasteiger partial charge in [-0.05, 0) is 38.1 Å². The molecule has 0 radical (unpaired) electrons. The van der Waals surface area contributed by atoms with Crippen LogP contribution in [0.4, 0.5) is 0 Å². The van der Waals surface area contributed by atoms with Gasteiger partial charge in [0.05, 0.1) is 0 Å². The summed E-state index contributed by atoms with van der Waals surface area (Å²) in [6.07, 6.45) is 4.86. The minimum atomic E-state index is 0.666. The van der Waals surface area contributed by atoms with Crippen LogP contribution in [0.15, 0.2) is 24.3 Å². The number of benzene rings is 1. The quantitative estimate of drug-likeness (QED) is 0.518. The molecule has 0 aliphatic carbocycles. The number of para-hydroxylation sites is 2. The molecule has 4 heteroatoms. The number of ether oxygens (including phenoxy) is 2. The highest BCUT2D eigenvalue weighted by molar-refractivity contribution is 5.39. The Morgan fingerprint density at radius 3 is 1.59 bits per heavy atom. The fraction of sp³-hybridized carbons (Fsp3) is 0.667. The second kappa shape index (κ2) is 13.4. The zero-order valence-corrected chi connectivity index (χ0v) is 14.2. The van der Waals surface area contributed by atoms with E-state index in [0.29, 0.717) is 13.2 Å². The van der Waals surface area contributed by atoms with Crippen molar-refractivity contribution in [2.45, 2.75) is 39.5 Å². The van der Waals surface area contributed by atoms with E-state index in [1.54, 1.807) is 0 Å². The summed E-state index contributed by atoms with van der Waals surface area (Å²) in [5, 5.41) is 6.74. The molecule has 0 bridgehead atoms. The van der Waals surface area contributed by atoms with E-state index in [-0.39, 0.29) is 0 Å². The van der Waals surface area contributed by atoms with Crippen LogP contribution in [0.1, 0.15) is 39.5 Å². The zero-order chi connectivity index (χ0) is 15.9. The van der Waals surface area contributed by atoms with Crippen molar-refractivity contribution in [3.05, 3.63) is 24.3 Å². The first kappa shape index (κ1) is 18.8. The highest BCUT2D eigenvalue weighted by atomic mass is 16.5. The summed E-state index contributed by atoms with van der Waals surface area (Å²) in [6, 6.07) is 7.89. The van der Waals surface area contributed by atoms with E-state index >= 15 is 0 Å². The lowest BCUT2D eigenvalue weighted by molar-refractivity contribution is 0.267. The van der Waals surface area contributed by atoms with Gasteiger partial charge in [0.25, 0.3) is 0 Å². The molecule has 0 spiro atoms. The minimum Gasteiger partial charge on any atom is -0.488 e. The summed E-state index contributed by atoms with van der Waals surface area (Å²) in [7, 11) is 0. The monoisotopic (exact) mass is 308 g/mol. The second-order valence-corrected chi connectivity index (χ2v) is 5.35. The van der Waals surface area contributed by atoms with Gasteiger partial charge in [0.1, 0.15) is 13.2 Å². The Hall–Kier alpha value is -1.26. The average molecular weight is 308 g/mol. The van der Waals surface area contributed by atoms with Crippen molar-refractivity contribution in [1.29, 1.82) is 0 Å². The molecule has 0 fully saturated rings. The van der Waals surface area contributed by atoms with E-state index in [1.165, 1.54) is 25.7 Å². The van der Waals surface area contributed by atoms with Gasteiger partial charge in [-0.1, -0.05) is 38.8 Å². The molecule has 0 aromatic heterocycles. The molecule has 0 saturated carbocycles. The third-order valence-corrected chi connectivity index (χ3v) is 3.34. The van der Waals surface area contributed by atoms with E-state index in [1.807, 2.05) is 24.3 Å². The molecule has 0 atom stereocenters. The van der Waals surface area contributed by atoms with Crippen LogP contribution < -0.4 is 20.1 Å². The summed E-state index contributed by atoms with van der Waals surface area (Å²) in [4.78, 5) is 0. The van der Waals surface area contributed by atoms with Crippen molar-refractivity contribution < 1.29 is 9.47 Å². The Bertz CT molecular complexity index is 337. The Morgan fingerprint density at radius 1 is 0.727 bits per heavy atom. The lowest BCUT2D eigenvalue weighted by atomic mass is 10.3. The molecule has 2 N–H and O–H groups in total. The summed E-state index contributed by atoms with van der Waals surface area (Å²) in [6.45, 7) is 9.58. The number of unbranched alkanes of at least 4 members (excludes halogenated alkanes) is 2. The predicted molar refractivity (Wildman–Crippen MR) is 93.0 cm³/mol. The minimum absolute atomic E-state index is 0.666. The molecule has 126 valence electrons. The summed E-state index contributed by atoms with van der Waals surface area (Å²) in [5.41, 5.74) is 0. The van der Waals surface area contributed by atoms with E-state index in [9.17, 15) is 0 Å². The first-order valence-corrected chi connectivity index (χ1v) is 8.64. The maximum atomic E-state index is 5.81. The zero-order valence-electron chi connectivity index (χ0n) is 14.2. The van der Waals surface area contributed by atoms with Crippen LogP contribution in [-0.2, 0) is 0 Å². The Morgan fingerprint density at radius 2 is 1.18 bits per heavy atom. The largest absolute Gasteiger partial charge is 0.488 e. The van der Waals surface area contributed by atoms with Crippen LogP contribution in [-0.4, -0.2) is 39.4 Å². The molecule has 0 heterocycles. The molecule has 0 unspecified atom stereocenters. The Balaban J connectivity index is 2.20. The van der Waals surface area contributed by atoms with E-state index in [4.69, 9.17) is 9.47 Å². The second-order valence-electron chi connectivity index (χ2n) is 5.35. The van der Waals surface area contributed by atoms with Crippen LogP contribution in [0.25, 0.3) is 0 Å². The lowest BCUT2D eigenvalue weighted by Gasteiger charge is -2.13. The predicted octanol–water partition coefficient (Wildman–Crippen LogP) is 3.22. The van der Waals surface area contributed by atoms with Crippen molar-refractivity contribution in [3.63, 3.8) is 0 Å². The van der Waals surface area contributed by atoms with Gasteiger partial charge in [0, 0.05) is 13.1 Å². The van der Waals surface area contributed by atoms with Gasteiger partial charge in [-0.3, -0.25) is 0 Å². The van der Waals surface area contributed by atoms with E-state index < -0.39 is 0 Å². The maximum Gasteiger partial charge on any atom is 0.161 e. The van der Waals surface area contributed by atoms with Crippen molar-refractivity contribution in [2.24, 2.45) is 0 Å². The molecule has 0 aliphatic heterocycles. The molecule has 22 heavy (non-hydrogen) atoms. The third-order valence-electron chi connectivity index (χ3n) is 3.34. The van der Waals surface area contributed by atoms with E-state index in [2.05, 4.69) is 24.5 Å². The maximum absolute atomic E-state index is 5.81. The molecule has 0 aliphatic rings. The van der Waals surface area contributed by atoms with Crippen molar-refractivity contribution in [3.8, 4) is 11.5 Å². The van der Waals surface area contributed by atoms with Gasteiger partial charge >= 0.3 is 0 Å². The summed E-state index contributed by atoms with van der Waals surface area (Å²) < 4.78 is 11.6. The molecule has 0 amide bonds. The molecular weight excluding hydrogens is 276 g/mol. The highest BCUT2D eigenvalue weighted by Gasteiger charge is 2.03. The summed E-state index contributed by atoms with van der Waals surface area (Å²) >= 11 is 0. The SMILES string of the molecule is CCCCNCCOc1ccccc1OCCNCCCC. The molecule has 1 aromatic carbocycles. The van der Waals surface area contributed by atoms with Gasteiger partial charge in [-0.2, -0.15) is 0 Å². The lowest BCUT2D eigenvalue weighted by Crippen LogP contribution is -2.23. The molecule has 1 aromatic rings. The molecular formula is C18H32N2O2. The normalized spacial score (nSPS) is 10.6. The van der Waals surface area contributed by atoms with Crippen LogP contribution >= 0.6 is 0 Å². The third kappa shape index (κ3) is 8.90. The van der Waals surface area contributed by atoms with E-state index in [0.717, 1.165) is 37.7 Å². The van der Waals surface area contributed by atoms with Crippen LogP contribution in [0.3, 0.4) is 0 Å². The van der Waals surface area contributed by atoms with Gasteiger partial charge < -0.3 is 20.1 Å². The van der Waals surface area contributed by atoms with Crippen molar-refractivity contribution >= 4 is 0 Å². The highest BCUT2D eigenvalue weighted by Crippen LogP contribution is 2.26. The average Bonchev–Trinajstić information content (AvgIpc) is 2.55. The van der Waals surface area contributed by atoms with Crippen LogP contribution in [0, 0.1) is 0 Å². The van der Waals surface area contributed by atoms with Crippen molar-refractivity contribution in [2.75, 3.05) is 39.4 Å². The van der Waals surface area contributed by atoms with Crippen LogP contribution in [0.5, 0.6) is 11.5 Å². The molecule has 1 rings (SSSR count). The van der Waals surface area contributed by atoms with Gasteiger partial charge in [-0.25, -0.2) is 0 Å². The molecule has 4 nitrogen and oxygen atoms in total. The number of rotatable bonds is 14. The topological polar surface area (TPSA) is 42.5 Å². The Labute approximate surface area is 135 Å². The molecule has 0 saturated heterocycles. The fourth-order valence-corrected chi connectivity index (χ4v) is 2.01. The Kier molecular flexibility index (Phi) is 11.4. The van der Waals surface area contributed by atoms with Crippen molar-refractivity contribution in [1.82, 2.24) is 10.6 Å². The first-order valence-electron chi connectivity index (χ1n) is 8.64. The first-order chi connectivity index (χ1) is 10.9. The van der Waals surface area contributed by atoms with Gasteiger partial charge in [-0.15, -0.1) is 0 Å². The summed E-state index contributed by atoms with van der Waals surface area (Å²) in [5.74, 6) is 1.65. The number of nitrogens with one attached hydrogen (secondary N) is 2. The number of hydrogen-bond acceptors (Lipinski definition) is 4. The van der Waals surface area contributed by atoms with Gasteiger partial charge in [0.2, 0.25) is 0 Å². The van der Waals surface area contributed by atoms with Crippen LogP contribution in [0.2, 0.25) is 0 Å². The van der Waals surface area contributed by atoms with Gasteiger partial charge in [0.15, 0.2) is 11.5 Å².